The van der Waals surface area contributed by atoms with E-state index >= 15 is 0 Å². The number of rotatable bonds is 3. The van der Waals surface area contributed by atoms with Crippen LogP contribution in [0, 0.1) is 0 Å². The van der Waals surface area contributed by atoms with E-state index in [1.54, 1.807) is 27.0 Å². The van der Waals surface area contributed by atoms with Gasteiger partial charge in [0.2, 0.25) is 0 Å². The van der Waals surface area contributed by atoms with Crippen molar-refractivity contribution in [3.8, 4) is 0 Å². The third-order valence-corrected chi connectivity index (χ3v) is 3.01. The van der Waals surface area contributed by atoms with Crippen LogP contribution in [0.4, 0.5) is 4.79 Å². The molecule has 2 rings (SSSR count). The van der Waals surface area contributed by atoms with Gasteiger partial charge < -0.3 is 20.8 Å². The predicted octanol–water partition coefficient (Wildman–Crippen LogP) is 2.14. The van der Waals surface area contributed by atoms with E-state index < -0.39 is 17.7 Å². The normalized spacial score (nSPS) is 13.2. The predicted molar refractivity (Wildman–Crippen MR) is 80.1 cm³/mol. The number of carbonyl (C=O) groups excluding carboxylic acids is 1. The Labute approximate surface area is 127 Å². The number of ether oxygens (including phenoxy) is 1. The van der Waals surface area contributed by atoms with Crippen LogP contribution >= 0.6 is 11.6 Å². The summed E-state index contributed by atoms with van der Waals surface area (Å²) in [5, 5.41) is 3.62. The highest BCUT2D eigenvalue weighted by Crippen LogP contribution is 2.26. The van der Waals surface area contributed by atoms with Gasteiger partial charge in [-0.15, -0.1) is 0 Å². The first kappa shape index (κ1) is 15.5. The first-order chi connectivity index (χ1) is 9.78. The summed E-state index contributed by atoms with van der Waals surface area (Å²) in [6.45, 7) is 5.60. The van der Waals surface area contributed by atoms with Crippen molar-refractivity contribution in [1.82, 2.24) is 20.3 Å². The number of fused-ring (bicyclic) bond motifs is 1. The number of halogens is 1. The van der Waals surface area contributed by atoms with Crippen LogP contribution in [0.25, 0.3) is 11.0 Å². The van der Waals surface area contributed by atoms with E-state index in [1.165, 1.54) is 6.33 Å². The molecule has 0 aliphatic heterocycles. The molecule has 2 aromatic rings. The number of nitrogens with one attached hydrogen (secondary N) is 2. The van der Waals surface area contributed by atoms with Crippen LogP contribution in [0.3, 0.4) is 0 Å². The zero-order valence-electron chi connectivity index (χ0n) is 12.1. The summed E-state index contributed by atoms with van der Waals surface area (Å²) in [6, 6.07) is -0.449. The molecule has 0 bridgehead atoms. The highest BCUT2D eigenvalue weighted by Gasteiger charge is 2.19. The van der Waals surface area contributed by atoms with Crippen molar-refractivity contribution in [2.45, 2.75) is 32.4 Å². The van der Waals surface area contributed by atoms with Crippen LogP contribution in [0.2, 0.25) is 5.15 Å². The fourth-order valence-electron chi connectivity index (χ4n) is 1.86. The zero-order valence-corrected chi connectivity index (χ0v) is 12.9. The Morgan fingerprint density at radius 2 is 2.24 bits per heavy atom. The third kappa shape index (κ3) is 3.83. The fourth-order valence-corrected chi connectivity index (χ4v) is 2.10. The van der Waals surface area contributed by atoms with Gasteiger partial charge in [-0.05, 0) is 20.8 Å². The Morgan fingerprint density at radius 1 is 1.52 bits per heavy atom. The molecule has 1 atom stereocenters. The standard InChI is InChI=1S/C13H18ClN5O2/c1-13(2,3)21-12(20)17-5-8(15)7-4-16-11-9(7)10(14)18-6-19-11/h4,6,8H,5,15H2,1-3H3,(H,17,20)(H,16,18,19). The van der Waals surface area contributed by atoms with E-state index in [-0.39, 0.29) is 6.54 Å². The number of alkyl carbamates (subject to hydrolysis) is 1. The largest absolute Gasteiger partial charge is 0.444 e. The molecule has 8 heteroatoms. The molecule has 1 unspecified atom stereocenters. The zero-order chi connectivity index (χ0) is 15.6. The molecule has 114 valence electrons. The second-order valence-corrected chi connectivity index (χ2v) is 5.98. The second kappa shape index (κ2) is 5.87. The van der Waals surface area contributed by atoms with Gasteiger partial charge in [-0.3, -0.25) is 0 Å². The lowest BCUT2D eigenvalue weighted by atomic mass is 10.1. The van der Waals surface area contributed by atoms with Crippen molar-refractivity contribution in [1.29, 1.82) is 0 Å². The average Bonchev–Trinajstić information content (AvgIpc) is 2.79. The summed E-state index contributed by atoms with van der Waals surface area (Å²) < 4.78 is 5.15. The van der Waals surface area contributed by atoms with Gasteiger partial charge in [0, 0.05) is 24.3 Å². The molecule has 0 saturated carbocycles. The highest BCUT2D eigenvalue weighted by molar-refractivity contribution is 6.34. The first-order valence-electron chi connectivity index (χ1n) is 6.48. The van der Waals surface area contributed by atoms with Crippen molar-refractivity contribution in [3.05, 3.63) is 23.2 Å². The Morgan fingerprint density at radius 3 is 2.90 bits per heavy atom. The maximum Gasteiger partial charge on any atom is 0.407 e. The molecule has 7 nitrogen and oxygen atoms in total. The van der Waals surface area contributed by atoms with Crippen LogP contribution in [-0.2, 0) is 4.74 Å². The van der Waals surface area contributed by atoms with Crippen LogP contribution in [-0.4, -0.2) is 33.2 Å². The summed E-state index contributed by atoms with van der Waals surface area (Å²) >= 11 is 6.06. The average molecular weight is 312 g/mol. The number of nitrogens with two attached hydrogens (primary N) is 1. The Balaban J connectivity index is 2.06. The molecule has 0 saturated heterocycles. The molecule has 0 aliphatic carbocycles. The van der Waals surface area contributed by atoms with E-state index in [1.807, 2.05) is 0 Å². The van der Waals surface area contributed by atoms with E-state index in [0.29, 0.717) is 16.2 Å². The smallest absolute Gasteiger partial charge is 0.407 e. The molecular formula is C13H18ClN5O2. The Bertz CT molecular complexity index is 650. The fraction of sp³-hybridized carbons (Fsp3) is 0.462. The van der Waals surface area contributed by atoms with Crippen LogP contribution in [0.15, 0.2) is 12.5 Å². The van der Waals surface area contributed by atoms with Crippen molar-refractivity contribution in [2.24, 2.45) is 5.73 Å². The molecule has 0 fully saturated rings. The number of amides is 1. The van der Waals surface area contributed by atoms with Crippen molar-refractivity contribution in [3.63, 3.8) is 0 Å². The Kier molecular flexibility index (Phi) is 4.34. The lowest BCUT2D eigenvalue weighted by molar-refractivity contribution is 0.0524. The van der Waals surface area contributed by atoms with Crippen LogP contribution in [0.1, 0.15) is 32.4 Å². The maximum atomic E-state index is 11.6. The van der Waals surface area contributed by atoms with Gasteiger partial charge in [0.1, 0.15) is 22.7 Å². The number of H-pyrrole nitrogens is 1. The Hall–Kier alpha value is -1.86. The molecule has 0 spiro atoms. The number of carbonyl (C=O) groups is 1. The SMILES string of the molecule is CC(C)(C)OC(=O)NCC(N)c1c[nH]c2ncnc(Cl)c12. The molecule has 0 aromatic carbocycles. The van der Waals surface area contributed by atoms with Gasteiger partial charge in [-0.1, -0.05) is 11.6 Å². The molecule has 2 heterocycles. The molecule has 2 aromatic heterocycles. The molecule has 0 aliphatic rings. The molecular weight excluding hydrogens is 294 g/mol. The monoisotopic (exact) mass is 311 g/mol. The summed E-state index contributed by atoms with van der Waals surface area (Å²) in [5.41, 5.74) is 6.88. The summed E-state index contributed by atoms with van der Waals surface area (Å²) in [4.78, 5) is 22.6. The molecule has 4 N–H and O–H groups in total. The summed E-state index contributed by atoms with van der Waals surface area (Å²) in [5.74, 6) is 0. The molecule has 21 heavy (non-hydrogen) atoms. The number of aromatic nitrogens is 3. The quantitative estimate of drug-likeness (QED) is 0.753. The van der Waals surface area contributed by atoms with Gasteiger partial charge >= 0.3 is 6.09 Å². The minimum atomic E-state index is -0.549. The first-order valence-corrected chi connectivity index (χ1v) is 6.85. The second-order valence-electron chi connectivity index (χ2n) is 5.62. The minimum Gasteiger partial charge on any atom is -0.444 e. The van der Waals surface area contributed by atoms with Crippen LogP contribution < -0.4 is 11.1 Å². The van der Waals surface area contributed by atoms with Gasteiger partial charge in [0.15, 0.2) is 0 Å². The maximum absolute atomic E-state index is 11.6. The van der Waals surface area contributed by atoms with Crippen molar-refractivity contribution in [2.75, 3.05) is 6.54 Å². The topological polar surface area (TPSA) is 106 Å². The number of hydrogen-bond acceptors (Lipinski definition) is 5. The molecule has 0 radical (unpaired) electrons. The lowest BCUT2D eigenvalue weighted by Gasteiger charge is -2.20. The van der Waals surface area contributed by atoms with Crippen molar-refractivity contribution >= 4 is 28.7 Å². The van der Waals surface area contributed by atoms with Crippen molar-refractivity contribution < 1.29 is 9.53 Å². The summed E-state index contributed by atoms with van der Waals surface area (Å²) in [6.07, 6.45) is 2.57. The highest BCUT2D eigenvalue weighted by atomic mass is 35.5. The van der Waals surface area contributed by atoms with Gasteiger partial charge in [0.05, 0.1) is 5.39 Å². The number of nitrogens with zero attached hydrogens (tertiary/aromatic N) is 2. The number of hydrogen-bond donors (Lipinski definition) is 3. The summed E-state index contributed by atoms with van der Waals surface area (Å²) in [7, 11) is 0. The van der Waals surface area contributed by atoms with E-state index in [4.69, 9.17) is 22.1 Å². The third-order valence-electron chi connectivity index (χ3n) is 2.72. The van der Waals surface area contributed by atoms with Gasteiger partial charge in [0.25, 0.3) is 0 Å². The number of aromatic amines is 1. The molecule has 1 amide bonds. The lowest BCUT2D eigenvalue weighted by Crippen LogP contribution is -2.36. The van der Waals surface area contributed by atoms with E-state index in [9.17, 15) is 4.79 Å². The van der Waals surface area contributed by atoms with Gasteiger partial charge in [-0.25, -0.2) is 14.8 Å². The van der Waals surface area contributed by atoms with E-state index in [2.05, 4.69) is 20.3 Å². The van der Waals surface area contributed by atoms with Crippen LogP contribution in [0.5, 0.6) is 0 Å². The van der Waals surface area contributed by atoms with E-state index in [0.717, 1.165) is 5.56 Å². The van der Waals surface area contributed by atoms with Gasteiger partial charge in [-0.2, -0.15) is 0 Å². The minimum absolute atomic E-state index is 0.215.